The molecule has 1 aromatic carbocycles. The number of phenols is 1. The van der Waals surface area contributed by atoms with E-state index in [2.05, 4.69) is 5.32 Å². The second-order valence-corrected chi connectivity index (χ2v) is 6.01. The van der Waals surface area contributed by atoms with Crippen molar-refractivity contribution in [3.63, 3.8) is 0 Å². The molecule has 110 valence electrons. The summed E-state index contributed by atoms with van der Waals surface area (Å²) in [5, 5.41) is 13.4. The number of phenolic OH excluding ortho intramolecular Hbond substituents is 1. The molecule has 1 aliphatic heterocycles. The fourth-order valence-corrected chi connectivity index (χ4v) is 2.22. The van der Waals surface area contributed by atoms with Crippen LogP contribution in [0.3, 0.4) is 0 Å². The summed E-state index contributed by atoms with van der Waals surface area (Å²) in [6.45, 7) is 8.79. The first-order valence-corrected chi connectivity index (χ1v) is 6.89. The van der Waals surface area contributed by atoms with Gasteiger partial charge in [0.05, 0.1) is 0 Å². The minimum Gasteiger partial charge on any atom is -0.504 e. The van der Waals surface area contributed by atoms with Gasteiger partial charge in [-0.2, -0.15) is 0 Å². The van der Waals surface area contributed by atoms with Crippen LogP contribution in [-0.4, -0.2) is 42.3 Å². The fourth-order valence-electron chi connectivity index (χ4n) is 2.22. The average molecular weight is 278 g/mol. The van der Waals surface area contributed by atoms with Crippen LogP contribution >= 0.6 is 0 Å². The summed E-state index contributed by atoms with van der Waals surface area (Å²) in [6, 6.07) is 5.25. The highest BCUT2D eigenvalue weighted by Gasteiger charge is 2.23. The maximum Gasteiger partial charge on any atom is 0.415 e. The van der Waals surface area contributed by atoms with Crippen molar-refractivity contribution in [2.75, 3.05) is 26.2 Å². The van der Waals surface area contributed by atoms with E-state index in [0.29, 0.717) is 13.1 Å². The normalized spacial score (nSPS) is 16.1. The summed E-state index contributed by atoms with van der Waals surface area (Å²) in [5.74, 6) is 0.268. The third-order valence-corrected chi connectivity index (χ3v) is 3.38. The second kappa shape index (κ2) is 5.71. The number of amides is 1. The highest BCUT2D eigenvalue weighted by molar-refractivity contribution is 5.72. The van der Waals surface area contributed by atoms with Crippen LogP contribution in [0.15, 0.2) is 18.2 Å². The molecule has 0 spiro atoms. The molecule has 1 aliphatic rings. The zero-order chi connectivity index (χ0) is 14.8. The van der Waals surface area contributed by atoms with E-state index in [4.69, 9.17) is 4.74 Å². The van der Waals surface area contributed by atoms with Crippen LogP contribution in [0.5, 0.6) is 11.5 Å². The van der Waals surface area contributed by atoms with Crippen molar-refractivity contribution >= 4 is 6.09 Å². The Morgan fingerprint density at radius 3 is 2.55 bits per heavy atom. The fraction of sp³-hybridized carbons (Fsp3) is 0.533. The first kappa shape index (κ1) is 14.7. The van der Waals surface area contributed by atoms with E-state index >= 15 is 0 Å². The number of aromatic hydroxyl groups is 1. The molecule has 1 fully saturated rings. The monoisotopic (exact) mass is 278 g/mol. The van der Waals surface area contributed by atoms with Crippen molar-refractivity contribution in [3.8, 4) is 11.5 Å². The third kappa shape index (κ3) is 3.22. The van der Waals surface area contributed by atoms with Crippen LogP contribution in [0.2, 0.25) is 0 Å². The van der Waals surface area contributed by atoms with Crippen molar-refractivity contribution < 1.29 is 14.6 Å². The van der Waals surface area contributed by atoms with Gasteiger partial charge >= 0.3 is 6.09 Å². The SMILES string of the molecule is CC(C)(C)c1cccc(OC(=O)N2CCNCC2)c1O. The molecule has 0 radical (unpaired) electrons. The zero-order valence-corrected chi connectivity index (χ0v) is 12.3. The van der Waals surface area contributed by atoms with Gasteiger partial charge in [-0.25, -0.2) is 4.79 Å². The summed E-state index contributed by atoms with van der Waals surface area (Å²) >= 11 is 0. The predicted molar refractivity (Wildman–Crippen MR) is 77.3 cm³/mol. The Kier molecular flexibility index (Phi) is 4.18. The molecular weight excluding hydrogens is 256 g/mol. The third-order valence-electron chi connectivity index (χ3n) is 3.38. The summed E-state index contributed by atoms with van der Waals surface area (Å²) < 4.78 is 5.33. The first-order valence-electron chi connectivity index (χ1n) is 6.89. The maximum atomic E-state index is 12.0. The summed E-state index contributed by atoms with van der Waals surface area (Å²) in [4.78, 5) is 13.7. The van der Waals surface area contributed by atoms with Crippen molar-refractivity contribution in [2.24, 2.45) is 0 Å². The summed E-state index contributed by atoms with van der Waals surface area (Å²) in [6.07, 6.45) is -0.409. The van der Waals surface area contributed by atoms with Crippen molar-refractivity contribution in [3.05, 3.63) is 23.8 Å². The first-order chi connectivity index (χ1) is 9.39. The molecule has 1 saturated heterocycles. The lowest BCUT2D eigenvalue weighted by atomic mass is 9.86. The highest BCUT2D eigenvalue weighted by atomic mass is 16.6. The Morgan fingerprint density at radius 1 is 1.30 bits per heavy atom. The Hall–Kier alpha value is -1.75. The summed E-state index contributed by atoms with van der Waals surface area (Å²) in [7, 11) is 0. The van der Waals surface area contributed by atoms with Gasteiger partial charge in [0.1, 0.15) is 0 Å². The quantitative estimate of drug-likeness (QED) is 0.826. The lowest BCUT2D eigenvalue weighted by Gasteiger charge is -2.27. The van der Waals surface area contributed by atoms with Crippen molar-refractivity contribution in [1.29, 1.82) is 0 Å². The number of hydrogen-bond acceptors (Lipinski definition) is 4. The van der Waals surface area contributed by atoms with Gasteiger partial charge in [0.25, 0.3) is 0 Å². The lowest BCUT2D eigenvalue weighted by Crippen LogP contribution is -2.47. The molecule has 2 N–H and O–H groups in total. The van der Waals surface area contributed by atoms with E-state index < -0.39 is 6.09 Å². The molecule has 0 atom stereocenters. The standard InChI is InChI=1S/C15H22N2O3/c1-15(2,3)11-5-4-6-12(13(11)18)20-14(19)17-9-7-16-8-10-17/h4-6,16,18H,7-10H2,1-3H3. The van der Waals surface area contributed by atoms with Gasteiger partial charge in [-0.3, -0.25) is 0 Å². The lowest BCUT2D eigenvalue weighted by molar-refractivity contribution is 0.144. The van der Waals surface area contributed by atoms with E-state index in [-0.39, 0.29) is 16.9 Å². The Balaban J connectivity index is 2.15. The molecule has 5 heteroatoms. The molecule has 2 rings (SSSR count). The smallest absolute Gasteiger partial charge is 0.415 e. The van der Waals surface area contributed by atoms with Crippen LogP contribution in [0.4, 0.5) is 4.79 Å². The molecule has 1 amide bonds. The molecule has 20 heavy (non-hydrogen) atoms. The van der Waals surface area contributed by atoms with Gasteiger partial charge in [-0.15, -0.1) is 0 Å². The number of carbonyl (C=O) groups is 1. The number of benzene rings is 1. The minimum absolute atomic E-state index is 0.0449. The maximum absolute atomic E-state index is 12.0. The minimum atomic E-state index is -0.409. The molecule has 5 nitrogen and oxygen atoms in total. The topological polar surface area (TPSA) is 61.8 Å². The van der Waals surface area contributed by atoms with Crippen LogP contribution in [0, 0.1) is 0 Å². The van der Waals surface area contributed by atoms with E-state index in [1.165, 1.54) is 0 Å². The number of carbonyl (C=O) groups excluding carboxylic acids is 1. The number of ether oxygens (including phenoxy) is 1. The number of piperazine rings is 1. The molecule has 0 unspecified atom stereocenters. The number of hydrogen-bond donors (Lipinski definition) is 2. The molecule has 0 bridgehead atoms. The van der Waals surface area contributed by atoms with Gasteiger partial charge in [0.2, 0.25) is 0 Å². The molecule has 0 saturated carbocycles. The van der Waals surface area contributed by atoms with Gasteiger partial charge in [0, 0.05) is 31.7 Å². The van der Waals surface area contributed by atoms with E-state index in [9.17, 15) is 9.90 Å². The molecule has 0 aromatic heterocycles. The van der Waals surface area contributed by atoms with Crippen LogP contribution < -0.4 is 10.1 Å². The van der Waals surface area contributed by atoms with Crippen molar-refractivity contribution in [2.45, 2.75) is 26.2 Å². The van der Waals surface area contributed by atoms with Gasteiger partial charge in [-0.1, -0.05) is 32.9 Å². The van der Waals surface area contributed by atoms with Crippen LogP contribution in [0.1, 0.15) is 26.3 Å². The highest BCUT2D eigenvalue weighted by Crippen LogP contribution is 2.37. The van der Waals surface area contributed by atoms with Crippen LogP contribution in [-0.2, 0) is 5.41 Å². The number of nitrogens with one attached hydrogen (secondary N) is 1. The van der Waals surface area contributed by atoms with Gasteiger partial charge in [0.15, 0.2) is 11.5 Å². The van der Waals surface area contributed by atoms with Crippen LogP contribution in [0.25, 0.3) is 0 Å². The van der Waals surface area contributed by atoms with E-state index in [1.807, 2.05) is 26.8 Å². The molecule has 1 heterocycles. The predicted octanol–water partition coefficient (Wildman–Crippen LogP) is 2.09. The summed E-state index contributed by atoms with van der Waals surface area (Å²) in [5.41, 5.74) is 0.560. The number of nitrogens with zero attached hydrogens (tertiary/aromatic N) is 1. The second-order valence-electron chi connectivity index (χ2n) is 6.01. The molecular formula is C15H22N2O3. The average Bonchev–Trinajstić information content (AvgIpc) is 2.40. The Morgan fingerprint density at radius 2 is 1.95 bits per heavy atom. The molecule has 1 aromatic rings. The Labute approximate surface area is 119 Å². The molecule has 0 aliphatic carbocycles. The van der Waals surface area contributed by atoms with Gasteiger partial charge in [-0.05, 0) is 11.5 Å². The number of rotatable bonds is 1. The number of para-hydroxylation sites is 1. The van der Waals surface area contributed by atoms with Crippen molar-refractivity contribution in [1.82, 2.24) is 10.2 Å². The Bertz CT molecular complexity index is 488. The van der Waals surface area contributed by atoms with E-state index in [1.54, 1.807) is 17.0 Å². The van der Waals surface area contributed by atoms with E-state index in [0.717, 1.165) is 18.7 Å². The van der Waals surface area contributed by atoms with Gasteiger partial charge < -0.3 is 20.1 Å². The largest absolute Gasteiger partial charge is 0.504 e. The zero-order valence-electron chi connectivity index (χ0n) is 12.3.